The standard InChI is InChI=1S/C22H19N3O2/c1-14-10-11-23-20(12-14)25-21(18-8-3-4-9-19(18)22(25)27)24-17-7-5-6-16(13-17)15(2)26/h3-13,21,24H,1-2H3/t21-/m0/s1. The first-order valence-electron chi connectivity index (χ1n) is 8.77. The maximum absolute atomic E-state index is 13.1. The molecule has 3 aromatic rings. The van der Waals surface area contributed by atoms with E-state index in [0.29, 0.717) is 16.9 Å². The Labute approximate surface area is 157 Å². The summed E-state index contributed by atoms with van der Waals surface area (Å²) in [6, 6.07) is 18.6. The third-order valence-electron chi connectivity index (χ3n) is 4.68. The number of hydrogen-bond donors (Lipinski definition) is 1. The van der Waals surface area contributed by atoms with E-state index < -0.39 is 6.17 Å². The van der Waals surface area contributed by atoms with E-state index in [2.05, 4.69) is 10.3 Å². The van der Waals surface area contributed by atoms with Gasteiger partial charge >= 0.3 is 0 Å². The van der Waals surface area contributed by atoms with E-state index in [1.165, 1.54) is 6.92 Å². The van der Waals surface area contributed by atoms with Crippen LogP contribution < -0.4 is 10.2 Å². The summed E-state index contributed by atoms with van der Waals surface area (Å²) in [6.07, 6.45) is 1.30. The van der Waals surface area contributed by atoms with Gasteiger partial charge in [0.05, 0.1) is 0 Å². The molecule has 2 aromatic carbocycles. The Morgan fingerprint density at radius 3 is 2.67 bits per heavy atom. The summed E-state index contributed by atoms with van der Waals surface area (Å²) in [6.45, 7) is 3.51. The highest BCUT2D eigenvalue weighted by atomic mass is 16.2. The van der Waals surface area contributed by atoms with E-state index in [1.807, 2.05) is 55.5 Å². The SMILES string of the molecule is CC(=O)c1cccc(N[C@@H]2c3ccccc3C(=O)N2c2cc(C)ccn2)c1. The molecule has 0 bridgehead atoms. The lowest BCUT2D eigenvalue weighted by Gasteiger charge is -2.26. The van der Waals surface area contributed by atoms with Crippen molar-refractivity contribution in [1.82, 2.24) is 4.98 Å². The molecule has 1 aliphatic heterocycles. The molecule has 0 aliphatic carbocycles. The van der Waals surface area contributed by atoms with E-state index in [9.17, 15) is 9.59 Å². The normalized spacial score (nSPS) is 15.6. The molecule has 0 saturated heterocycles. The van der Waals surface area contributed by atoms with Gasteiger partial charge in [0, 0.05) is 28.6 Å². The van der Waals surface area contributed by atoms with E-state index in [0.717, 1.165) is 16.8 Å². The van der Waals surface area contributed by atoms with Crippen molar-refractivity contribution in [3.63, 3.8) is 0 Å². The summed E-state index contributed by atoms with van der Waals surface area (Å²) in [4.78, 5) is 30.9. The van der Waals surface area contributed by atoms with Crippen LogP contribution in [0.4, 0.5) is 11.5 Å². The van der Waals surface area contributed by atoms with Crippen molar-refractivity contribution in [2.24, 2.45) is 0 Å². The summed E-state index contributed by atoms with van der Waals surface area (Å²) < 4.78 is 0. The second-order valence-corrected chi connectivity index (χ2v) is 6.64. The van der Waals surface area contributed by atoms with Crippen LogP contribution in [0.15, 0.2) is 66.9 Å². The zero-order valence-corrected chi connectivity index (χ0v) is 15.1. The van der Waals surface area contributed by atoms with Gasteiger partial charge in [-0.3, -0.25) is 14.5 Å². The smallest absolute Gasteiger partial charge is 0.261 e. The largest absolute Gasteiger partial charge is 0.361 e. The Hall–Kier alpha value is -3.47. The van der Waals surface area contributed by atoms with Crippen LogP contribution in [0, 0.1) is 6.92 Å². The Bertz CT molecular complexity index is 1040. The van der Waals surface area contributed by atoms with Crippen LogP contribution in [0.3, 0.4) is 0 Å². The maximum atomic E-state index is 13.1. The first kappa shape index (κ1) is 17.0. The van der Waals surface area contributed by atoms with Crippen LogP contribution in [0.5, 0.6) is 0 Å². The molecular formula is C22H19N3O2. The molecule has 0 unspecified atom stereocenters. The molecule has 5 nitrogen and oxygen atoms in total. The summed E-state index contributed by atoms with van der Waals surface area (Å²) in [5.41, 5.74) is 3.97. The number of ketones is 1. The van der Waals surface area contributed by atoms with Gasteiger partial charge in [-0.15, -0.1) is 0 Å². The fraction of sp³-hybridized carbons (Fsp3) is 0.136. The molecule has 1 amide bonds. The van der Waals surface area contributed by atoms with Gasteiger partial charge in [0.25, 0.3) is 5.91 Å². The molecule has 27 heavy (non-hydrogen) atoms. The maximum Gasteiger partial charge on any atom is 0.261 e. The number of fused-ring (bicyclic) bond motifs is 1. The predicted octanol–water partition coefficient (Wildman–Crippen LogP) is 4.36. The lowest BCUT2D eigenvalue weighted by atomic mass is 10.1. The van der Waals surface area contributed by atoms with Crippen molar-refractivity contribution in [1.29, 1.82) is 0 Å². The van der Waals surface area contributed by atoms with Gasteiger partial charge in [-0.1, -0.05) is 30.3 Å². The number of rotatable bonds is 4. The van der Waals surface area contributed by atoms with E-state index >= 15 is 0 Å². The molecular weight excluding hydrogens is 338 g/mol. The van der Waals surface area contributed by atoms with Crippen LogP contribution in [-0.2, 0) is 0 Å². The molecule has 1 aromatic heterocycles. The van der Waals surface area contributed by atoms with Gasteiger partial charge in [-0.05, 0) is 49.7 Å². The molecule has 5 heteroatoms. The molecule has 0 fully saturated rings. The number of carbonyl (C=O) groups is 2. The Kier molecular flexibility index (Phi) is 4.20. The van der Waals surface area contributed by atoms with Crippen molar-refractivity contribution in [2.75, 3.05) is 10.2 Å². The first-order valence-corrected chi connectivity index (χ1v) is 8.77. The molecule has 1 atom stereocenters. The van der Waals surface area contributed by atoms with Gasteiger partial charge in [0.15, 0.2) is 5.78 Å². The number of hydrogen-bond acceptors (Lipinski definition) is 4. The first-order chi connectivity index (χ1) is 13.0. The number of benzene rings is 2. The number of nitrogens with zero attached hydrogens (tertiary/aromatic N) is 2. The van der Waals surface area contributed by atoms with E-state index in [-0.39, 0.29) is 11.7 Å². The second-order valence-electron chi connectivity index (χ2n) is 6.64. The van der Waals surface area contributed by atoms with E-state index in [1.54, 1.807) is 23.2 Å². The molecule has 0 radical (unpaired) electrons. The van der Waals surface area contributed by atoms with Gasteiger partial charge in [-0.25, -0.2) is 4.98 Å². The average Bonchev–Trinajstić information content (AvgIpc) is 2.94. The number of aryl methyl sites for hydroxylation is 1. The van der Waals surface area contributed by atoms with Crippen molar-refractivity contribution < 1.29 is 9.59 Å². The minimum absolute atomic E-state index is 0.00115. The molecule has 2 heterocycles. The number of aromatic nitrogens is 1. The zero-order valence-electron chi connectivity index (χ0n) is 15.1. The highest BCUT2D eigenvalue weighted by Crippen LogP contribution is 2.37. The molecule has 1 N–H and O–H groups in total. The monoisotopic (exact) mass is 357 g/mol. The van der Waals surface area contributed by atoms with Crippen LogP contribution in [-0.4, -0.2) is 16.7 Å². The molecule has 0 spiro atoms. The molecule has 4 rings (SSSR count). The number of anilines is 2. The van der Waals surface area contributed by atoms with Gasteiger partial charge in [0.1, 0.15) is 12.0 Å². The lowest BCUT2D eigenvalue weighted by Crippen LogP contribution is -2.33. The summed E-state index contributed by atoms with van der Waals surface area (Å²) in [5.74, 6) is 0.499. The number of pyridine rings is 1. The predicted molar refractivity (Wildman–Crippen MR) is 105 cm³/mol. The third kappa shape index (κ3) is 3.08. The topological polar surface area (TPSA) is 62.3 Å². The highest BCUT2D eigenvalue weighted by Gasteiger charge is 2.38. The van der Waals surface area contributed by atoms with Gasteiger partial charge in [0.2, 0.25) is 0 Å². The van der Waals surface area contributed by atoms with Crippen LogP contribution in [0.1, 0.15) is 44.9 Å². The minimum Gasteiger partial charge on any atom is -0.361 e. The fourth-order valence-electron chi connectivity index (χ4n) is 3.33. The number of carbonyl (C=O) groups excluding carboxylic acids is 2. The quantitative estimate of drug-likeness (QED) is 0.705. The fourth-order valence-corrected chi connectivity index (χ4v) is 3.33. The average molecular weight is 357 g/mol. The Morgan fingerprint density at radius 1 is 1.07 bits per heavy atom. The Morgan fingerprint density at radius 2 is 1.89 bits per heavy atom. The zero-order chi connectivity index (χ0) is 19.0. The molecule has 1 aliphatic rings. The van der Waals surface area contributed by atoms with Crippen molar-refractivity contribution in [3.8, 4) is 0 Å². The third-order valence-corrected chi connectivity index (χ3v) is 4.68. The van der Waals surface area contributed by atoms with Crippen LogP contribution >= 0.6 is 0 Å². The van der Waals surface area contributed by atoms with Crippen molar-refractivity contribution >= 4 is 23.2 Å². The molecule has 0 saturated carbocycles. The lowest BCUT2D eigenvalue weighted by molar-refractivity contribution is 0.0989. The second kappa shape index (κ2) is 6.68. The summed E-state index contributed by atoms with van der Waals surface area (Å²) in [5, 5.41) is 3.40. The minimum atomic E-state index is -0.398. The van der Waals surface area contributed by atoms with E-state index in [4.69, 9.17) is 0 Å². The number of amides is 1. The molecule has 134 valence electrons. The van der Waals surface area contributed by atoms with Crippen molar-refractivity contribution in [2.45, 2.75) is 20.0 Å². The van der Waals surface area contributed by atoms with Gasteiger partial charge < -0.3 is 5.32 Å². The highest BCUT2D eigenvalue weighted by molar-refractivity contribution is 6.11. The van der Waals surface area contributed by atoms with Crippen molar-refractivity contribution in [3.05, 3.63) is 89.1 Å². The number of nitrogens with one attached hydrogen (secondary N) is 1. The summed E-state index contributed by atoms with van der Waals surface area (Å²) >= 11 is 0. The Balaban J connectivity index is 1.78. The van der Waals surface area contributed by atoms with Gasteiger partial charge in [-0.2, -0.15) is 0 Å². The van der Waals surface area contributed by atoms with Crippen LogP contribution in [0.25, 0.3) is 0 Å². The summed E-state index contributed by atoms with van der Waals surface area (Å²) in [7, 11) is 0. The number of Topliss-reactive ketones (excluding diaryl/α,β-unsaturated/α-hetero) is 1. The van der Waals surface area contributed by atoms with Crippen LogP contribution in [0.2, 0.25) is 0 Å².